The number of likely N-dealkylation sites (tertiary alicyclic amines) is 1. The van der Waals surface area contributed by atoms with Crippen LogP contribution in [0, 0.1) is 11.8 Å². The molecule has 88 valence electrons. The second kappa shape index (κ2) is 5.38. The highest BCUT2D eigenvalue weighted by molar-refractivity contribution is 5.78. The van der Waals surface area contributed by atoms with Crippen molar-refractivity contribution in [2.24, 2.45) is 22.6 Å². The van der Waals surface area contributed by atoms with Gasteiger partial charge in [-0.2, -0.15) is 0 Å². The molecule has 2 atom stereocenters. The van der Waals surface area contributed by atoms with Gasteiger partial charge in [0.1, 0.15) is 0 Å². The third-order valence-corrected chi connectivity index (χ3v) is 3.29. The summed E-state index contributed by atoms with van der Waals surface area (Å²) in [5.74, 6) is 2.05. The second-order valence-electron chi connectivity index (χ2n) is 5.15. The topological polar surface area (TPSA) is 41.6 Å². The zero-order chi connectivity index (χ0) is 11.4. The van der Waals surface area contributed by atoms with Gasteiger partial charge in [0.15, 0.2) is 5.96 Å². The lowest BCUT2D eigenvalue weighted by molar-refractivity contribution is 0.189. The molecule has 2 unspecified atom stereocenters. The lowest BCUT2D eigenvalue weighted by atomic mass is 9.92. The standard InChI is InChI=1S/C12H25N3/c1-9(2)8-14-12(13)15-7-5-6-10(3)11(15)4/h9-11H,5-8H2,1-4H3,(H2,13,14). The summed E-state index contributed by atoms with van der Waals surface area (Å²) >= 11 is 0. The van der Waals surface area contributed by atoms with Gasteiger partial charge in [0, 0.05) is 19.1 Å². The minimum Gasteiger partial charge on any atom is -0.370 e. The summed E-state index contributed by atoms with van der Waals surface area (Å²) in [5, 5.41) is 0. The van der Waals surface area contributed by atoms with Crippen molar-refractivity contribution in [3.63, 3.8) is 0 Å². The molecule has 2 N–H and O–H groups in total. The zero-order valence-corrected chi connectivity index (χ0v) is 10.5. The summed E-state index contributed by atoms with van der Waals surface area (Å²) in [7, 11) is 0. The van der Waals surface area contributed by atoms with Crippen molar-refractivity contribution >= 4 is 5.96 Å². The molecule has 0 aromatic carbocycles. The number of nitrogens with two attached hydrogens (primary N) is 1. The second-order valence-corrected chi connectivity index (χ2v) is 5.15. The van der Waals surface area contributed by atoms with Crippen LogP contribution in [0.1, 0.15) is 40.5 Å². The van der Waals surface area contributed by atoms with Crippen LogP contribution in [0.2, 0.25) is 0 Å². The highest BCUT2D eigenvalue weighted by Crippen LogP contribution is 2.22. The Labute approximate surface area is 93.7 Å². The molecule has 0 spiro atoms. The van der Waals surface area contributed by atoms with E-state index in [1.165, 1.54) is 12.8 Å². The van der Waals surface area contributed by atoms with E-state index >= 15 is 0 Å². The molecule has 0 radical (unpaired) electrons. The van der Waals surface area contributed by atoms with Crippen LogP contribution >= 0.6 is 0 Å². The van der Waals surface area contributed by atoms with Crippen LogP contribution in [-0.4, -0.2) is 30.0 Å². The fourth-order valence-electron chi connectivity index (χ4n) is 2.03. The van der Waals surface area contributed by atoms with Crippen LogP contribution in [0.4, 0.5) is 0 Å². The van der Waals surface area contributed by atoms with Gasteiger partial charge in [0.05, 0.1) is 0 Å². The van der Waals surface area contributed by atoms with Gasteiger partial charge in [-0.25, -0.2) is 0 Å². The van der Waals surface area contributed by atoms with Crippen molar-refractivity contribution in [1.82, 2.24) is 4.90 Å². The Morgan fingerprint density at radius 2 is 2.13 bits per heavy atom. The van der Waals surface area contributed by atoms with Gasteiger partial charge in [-0.1, -0.05) is 20.8 Å². The number of guanidine groups is 1. The molecule has 1 aliphatic heterocycles. The van der Waals surface area contributed by atoms with E-state index in [-0.39, 0.29) is 0 Å². The lowest BCUT2D eigenvalue weighted by Gasteiger charge is -2.38. The van der Waals surface area contributed by atoms with Gasteiger partial charge >= 0.3 is 0 Å². The molecule has 0 saturated carbocycles. The molecule has 0 aromatic heterocycles. The van der Waals surface area contributed by atoms with Crippen molar-refractivity contribution in [3.05, 3.63) is 0 Å². The Morgan fingerprint density at radius 3 is 2.73 bits per heavy atom. The molecule has 3 nitrogen and oxygen atoms in total. The van der Waals surface area contributed by atoms with Crippen molar-refractivity contribution in [2.45, 2.75) is 46.6 Å². The minimum atomic E-state index is 0.537. The summed E-state index contributed by atoms with van der Waals surface area (Å²) in [6.07, 6.45) is 2.55. The first-order chi connectivity index (χ1) is 7.02. The molecule has 0 bridgehead atoms. The molecule has 1 saturated heterocycles. The van der Waals surface area contributed by atoms with Crippen molar-refractivity contribution in [3.8, 4) is 0 Å². The highest BCUT2D eigenvalue weighted by Gasteiger charge is 2.25. The number of piperidine rings is 1. The quantitative estimate of drug-likeness (QED) is 0.561. The first kappa shape index (κ1) is 12.3. The van der Waals surface area contributed by atoms with Crippen LogP contribution in [0.5, 0.6) is 0 Å². The van der Waals surface area contributed by atoms with Crippen molar-refractivity contribution in [2.75, 3.05) is 13.1 Å². The fraction of sp³-hybridized carbons (Fsp3) is 0.917. The van der Waals surface area contributed by atoms with E-state index in [2.05, 4.69) is 37.6 Å². The number of rotatable bonds is 2. The molecule has 0 aromatic rings. The van der Waals surface area contributed by atoms with Crippen LogP contribution in [0.25, 0.3) is 0 Å². The summed E-state index contributed by atoms with van der Waals surface area (Å²) in [4.78, 5) is 6.71. The first-order valence-corrected chi connectivity index (χ1v) is 6.09. The maximum atomic E-state index is 6.03. The average molecular weight is 211 g/mol. The van der Waals surface area contributed by atoms with E-state index in [1.807, 2.05) is 0 Å². The SMILES string of the molecule is CC(C)CN=C(N)N1CCCC(C)C1C. The van der Waals surface area contributed by atoms with E-state index in [9.17, 15) is 0 Å². The summed E-state index contributed by atoms with van der Waals surface area (Å²) in [6, 6.07) is 0.537. The predicted octanol–water partition coefficient (Wildman–Crippen LogP) is 2.08. The van der Waals surface area contributed by atoms with Gasteiger partial charge < -0.3 is 10.6 Å². The monoisotopic (exact) mass is 211 g/mol. The molecule has 3 heteroatoms. The van der Waals surface area contributed by atoms with E-state index in [0.717, 1.165) is 25.0 Å². The van der Waals surface area contributed by atoms with Crippen LogP contribution in [-0.2, 0) is 0 Å². The lowest BCUT2D eigenvalue weighted by Crippen LogP contribution is -2.49. The van der Waals surface area contributed by atoms with E-state index in [4.69, 9.17) is 5.73 Å². The molecular formula is C12H25N3. The highest BCUT2D eigenvalue weighted by atomic mass is 15.3. The molecule has 15 heavy (non-hydrogen) atoms. The van der Waals surface area contributed by atoms with Crippen molar-refractivity contribution in [1.29, 1.82) is 0 Å². The largest absolute Gasteiger partial charge is 0.370 e. The normalized spacial score (nSPS) is 28.6. The molecule has 0 aliphatic carbocycles. The molecule has 1 heterocycles. The maximum Gasteiger partial charge on any atom is 0.191 e. The predicted molar refractivity (Wildman–Crippen MR) is 65.9 cm³/mol. The third-order valence-electron chi connectivity index (χ3n) is 3.29. The number of nitrogens with zero attached hydrogens (tertiary/aromatic N) is 2. The average Bonchev–Trinajstić information content (AvgIpc) is 2.18. The Hall–Kier alpha value is -0.730. The first-order valence-electron chi connectivity index (χ1n) is 6.09. The Kier molecular flexibility index (Phi) is 4.43. The maximum absolute atomic E-state index is 6.03. The molecule has 0 amide bonds. The Bertz CT molecular complexity index is 223. The number of hydrogen-bond donors (Lipinski definition) is 1. The molecule has 1 fully saturated rings. The van der Waals surface area contributed by atoms with Crippen molar-refractivity contribution < 1.29 is 0 Å². The third kappa shape index (κ3) is 3.40. The smallest absolute Gasteiger partial charge is 0.191 e. The van der Waals surface area contributed by atoms with Crippen LogP contribution in [0.15, 0.2) is 4.99 Å². The zero-order valence-electron chi connectivity index (χ0n) is 10.5. The molecular weight excluding hydrogens is 186 g/mol. The van der Waals surface area contributed by atoms with Gasteiger partial charge in [-0.15, -0.1) is 0 Å². The summed E-state index contributed by atoms with van der Waals surface area (Å²) in [6.45, 7) is 10.8. The number of aliphatic imine (C=N–C) groups is 1. The number of hydrogen-bond acceptors (Lipinski definition) is 1. The van der Waals surface area contributed by atoms with Crippen LogP contribution < -0.4 is 5.73 Å². The van der Waals surface area contributed by atoms with E-state index < -0.39 is 0 Å². The fourth-order valence-corrected chi connectivity index (χ4v) is 2.03. The van der Waals surface area contributed by atoms with Gasteiger partial charge in [-0.3, -0.25) is 4.99 Å². The summed E-state index contributed by atoms with van der Waals surface area (Å²) < 4.78 is 0. The van der Waals surface area contributed by atoms with E-state index in [1.54, 1.807) is 0 Å². The Morgan fingerprint density at radius 1 is 1.47 bits per heavy atom. The van der Waals surface area contributed by atoms with Crippen LogP contribution in [0.3, 0.4) is 0 Å². The molecule has 1 aliphatic rings. The summed E-state index contributed by atoms with van der Waals surface area (Å²) in [5.41, 5.74) is 6.03. The van der Waals surface area contributed by atoms with Gasteiger partial charge in [0.2, 0.25) is 0 Å². The minimum absolute atomic E-state index is 0.537. The van der Waals surface area contributed by atoms with Gasteiger partial charge in [-0.05, 0) is 31.6 Å². The van der Waals surface area contributed by atoms with Gasteiger partial charge in [0.25, 0.3) is 0 Å². The van der Waals surface area contributed by atoms with E-state index in [0.29, 0.717) is 12.0 Å². The Balaban J connectivity index is 2.57. The molecule has 1 rings (SSSR count).